The number of piperazine rings is 1. The minimum absolute atomic E-state index is 0. The fourth-order valence-corrected chi connectivity index (χ4v) is 1.88. The third-order valence-corrected chi connectivity index (χ3v) is 2.82. The van der Waals surface area contributed by atoms with Crippen molar-refractivity contribution in [2.45, 2.75) is 38.8 Å². The van der Waals surface area contributed by atoms with Crippen LogP contribution in [0.4, 0.5) is 4.79 Å². The number of ether oxygens (including phenoxy) is 2. The van der Waals surface area contributed by atoms with Crippen molar-refractivity contribution in [3.05, 3.63) is 0 Å². The lowest BCUT2D eigenvalue weighted by atomic mass is 9.98. The summed E-state index contributed by atoms with van der Waals surface area (Å²) in [7, 11) is 1.31. The number of hydrogen-bond donors (Lipinski definition) is 2. The van der Waals surface area contributed by atoms with Crippen LogP contribution < -0.4 is 11.5 Å². The summed E-state index contributed by atoms with van der Waals surface area (Å²) in [6.07, 6.45) is -0.489. The molecule has 19 heavy (non-hydrogen) atoms. The molecule has 7 nitrogen and oxygen atoms in total. The third kappa shape index (κ3) is 4.07. The van der Waals surface area contributed by atoms with E-state index in [1.54, 1.807) is 27.7 Å². The predicted octanol–water partition coefficient (Wildman–Crippen LogP) is 0.920. The Morgan fingerprint density at radius 2 is 1.89 bits per heavy atom. The second-order valence-corrected chi connectivity index (χ2v) is 5.57. The molecular formula is C12H25N3O4. The maximum Gasteiger partial charge on any atom is 0.411 e. The van der Waals surface area contributed by atoms with Crippen molar-refractivity contribution in [1.82, 2.24) is 16.4 Å². The molecule has 7 heteroatoms. The van der Waals surface area contributed by atoms with Crippen LogP contribution in [0.1, 0.15) is 27.7 Å². The number of rotatable bonds is 1. The molecule has 1 aliphatic heterocycles. The Bertz CT molecular complexity index is 340. The molecule has 1 aliphatic rings. The minimum Gasteiger partial charge on any atom is -0.467 e. The quantitative estimate of drug-likeness (QED) is 0.690. The smallest absolute Gasteiger partial charge is 0.411 e. The average molecular weight is 275 g/mol. The molecule has 1 fully saturated rings. The van der Waals surface area contributed by atoms with E-state index in [1.165, 1.54) is 12.0 Å². The van der Waals surface area contributed by atoms with Gasteiger partial charge >= 0.3 is 12.1 Å². The molecule has 112 valence electrons. The summed E-state index contributed by atoms with van der Waals surface area (Å²) >= 11 is 0. The Morgan fingerprint density at radius 1 is 1.32 bits per heavy atom. The minimum atomic E-state index is -1.02. The zero-order valence-corrected chi connectivity index (χ0v) is 12.4. The first kappa shape index (κ1) is 17.7. The molecule has 1 rings (SSSR count). The molecule has 1 heterocycles. The van der Waals surface area contributed by atoms with E-state index in [9.17, 15) is 9.59 Å². The molecule has 0 saturated carbocycles. The Balaban J connectivity index is 0.00000324. The Morgan fingerprint density at radius 3 is 2.37 bits per heavy atom. The zero-order valence-electron chi connectivity index (χ0n) is 12.4. The summed E-state index contributed by atoms with van der Waals surface area (Å²) in [6.45, 7) is 8.47. The van der Waals surface area contributed by atoms with Gasteiger partial charge in [-0.2, -0.15) is 0 Å². The SMILES string of the molecule is COC(=O)C1(C)CNCCN1C(=O)OC(C)(C)C.N. The van der Waals surface area contributed by atoms with Crippen LogP contribution in [0.5, 0.6) is 0 Å². The molecule has 0 spiro atoms. The Labute approximate surface area is 114 Å². The first-order chi connectivity index (χ1) is 8.20. The van der Waals surface area contributed by atoms with E-state index < -0.39 is 23.2 Å². The highest BCUT2D eigenvalue weighted by Gasteiger charge is 2.46. The summed E-state index contributed by atoms with van der Waals surface area (Å²) in [5.74, 6) is -0.444. The van der Waals surface area contributed by atoms with Crippen LogP contribution in [-0.4, -0.2) is 54.8 Å². The van der Waals surface area contributed by atoms with Crippen molar-refractivity contribution in [1.29, 1.82) is 0 Å². The summed E-state index contributed by atoms with van der Waals surface area (Å²) in [6, 6.07) is 0. The summed E-state index contributed by atoms with van der Waals surface area (Å²) in [4.78, 5) is 25.4. The number of carbonyl (C=O) groups excluding carboxylic acids is 2. The number of esters is 1. The largest absolute Gasteiger partial charge is 0.467 e. The lowest BCUT2D eigenvalue weighted by Gasteiger charge is -2.42. The molecule has 0 aromatic carbocycles. The molecule has 0 aromatic rings. The number of nitrogens with one attached hydrogen (secondary N) is 1. The topological polar surface area (TPSA) is 103 Å². The van der Waals surface area contributed by atoms with Gasteiger partial charge in [0.2, 0.25) is 0 Å². The fraction of sp³-hybridized carbons (Fsp3) is 0.833. The van der Waals surface area contributed by atoms with E-state index in [4.69, 9.17) is 9.47 Å². The molecule has 1 atom stereocenters. The molecule has 4 N–H and O–H groups in total. The summed E-state index contributed by atoms with van der Waals surface area (Å²) in [5.41, 5.74) is -1.60. The second-order valence-electron chi connectivity index (χ2n) is 5.57. The first-order valence-corrected chi connectivity index (χ1v) is 6.00. The van der Waals surface area contributed by atoms with Gasteiger partial charge in [0.25, 0.3) is 0 Å². The molecule has 0 aliphatic carbocycles. The molecule has 0 bridgehead atoms. The molecule has 1 amide bonds. The van der Waals surface area contributed by atoms with E-state index in [-0.39, 0.29) is 6.15 Å². The van der Waals surface area contributed by atoms with Gasteiger partial charge in [-0.3, -0.25) is 4.90 Å². The van der Waals surface area contributed by atoms with Crippen molar-refractivity contribution >= 4 is 12.1 Å². The van der Waals surface area contributed by atoms with Crippen molar-refractivity contribution in [3.63, 3.8) is 0 Å². The van der Waals surface area contributed by atoms with Crippen LogP contribution in [0.2, 0.25) is 0 Å². The third-order valence-electron chi connectivity index (χ3n) is 2.82. The number of nitrogens with zero attached hydrogens (tertiary/aromatic N) is 1. The van der Waals surface area contributed by atoms with Gasteiger partial charge in [0, 0.05) is 19.6 Å². The van der Waals surface area contributed by atoms with Crippen LogP contribution in [-0.2, 0) is 14.3 Å². The second kappa shape index (κ2) is 6.21. The number of hydrogen-bond acceptors (Lipinski definition) is 6. The average Bonchev–Trinajstić information content (AvgIpc) is 2.26. The molecule has 0 aromatic heterocycles. The van der Waals surface area contributed by atoms with Crippen LogP contribution in [0.15, 0.2) is 0 Å². The summed E-state index contributed by atoms with van der Waals surface area (Å²) in [5, 5.41) is 3.09. The van der Waals surface area contributed by atoms with Gasteiger partial charge in [0.1, 0.15) is 5.60 Å². The van der Waals surface area contributed by atoms with Crippen molar-refractivity contribution in [2.24, 2.45) is 0 Å². The molecule has 1 saturated heterocycles. The highest BCUT2D eigenvalue weighted by molar-refractivity contribution is 5.86. The number of amides is 1. The number of carbonyl (C=O) groups is 2. The lowest BCUT2D eigenvalue weighted by molar-refractivity contribution is -0.154. The van der Waals surface area contributed by atoms with Crippen LogP contribution in [0, 0.1) is 0 Å². The van der Waals surface area contributed by atoms with Gasteiger partial charge in [0.05, 0.1) is 7.11 Å². The van der Waals surface area contributed by atoms with E-state index >= 15 is 0 Å². The lowest BCUT2D eigenvalue weighted by Crippen LogP contribution is -2.66. The van der Waals surface area contributed by atoms with Crippen LogP contribution in [0.25, 0.3) is 0 Å². The Hall–Kier alpha value is -1.34. The standard InChI is InChI=1S/C12H22N2O4.H3N/c1-11(2,3)18-10(16)14-7-6-13-8-12(14,4)9(15)17-5;/h13H,6-8H2,1-5H3;1H3. The highest BCUT2D eigenvalue weighted by atomic mass is 16.6. The van der Waals surface area contributed by atoms with Crippen molar-refractivity contribution < 1.29 is 19.1 Å². The number of methoxy groups -OCH3 is 1. The van der Waals surface area contributed by atoms with Gasteiger partial charge in [-0.25, -0.2) is 9.59 Å². The zero-order chi connectivity index (χ0) is 14.0. The monoisotopic (exact) mass is 275 g/mol. The van der Waals surface area contributed by atoms with Crippen LogP contribution in [0.3, 0.4) is 0 Å². The van der Waals surface area contributed by atoms with Gasteiger partial charge in [-0.15, -0.1) is 0 Å². The van der Waals surface area contributed by atoms with Gasteiger partial charge in [-0.1, -0.05) is 0 Å². The van der Waals surface area contributed by atoms with E-state index in [0.717, 1.165) is 0 Å². The van der Waals surface area contributed by atoms with E-state index in [0.29, 0.717) is 19.6 Å². The van der Waals surface area contributed by atoms with Gasteiger partial charge < -0.3 is 20.9 Å². The molecular weight excluding hydrogens is 250 g/mol. The predicted molar refractivity (Wildman–Crippen MR) is 71.3 cm³/mol. The highest BCUT2D eigenvalue weighted by Crippen LogP contribution is 2.22. The van der Waals surface area contributed by atoms with E-state index in [2.05, 4.69) is 5.32 Å². The normalized spacial score (nSPS) is 23.3. The van der Waals surface area contributed by atoms with Crippen molar-refractivity contribution in [2.75, 3.05) is 26.7 Å². The van der Waals surface area contributed by atoms with Gasteiger partial charge in [-0.05, 0) is 27.7 Å². The first-order valence-electron chi connectivity index (χ1n) is 6.00. The van der Waals surface area contributed by atoms with Gasteiger partial charge in [0.15, 0.2) is 5.54 Å². The fourth-order valence-electron chi connectivity index (χ4n) is 1.88. The van der Waals surface area contributed by atoms with Crippen LogP contribution >= 0.6 is 0 Å². The van der Waals surface area contributed by atoms with Crippen molar-refractivity contribution in [3.8, 4) is 0 Å². The molecule has 1 unspecified atom stereocenters. The maximum atomic E-state index is 12.1. The summed E-state index contributed by atoms with van der Waals surface area (Å²) < 4.78 is 10.1. The molecule has 0 radical (unpaired) electrons. The maximum absolute atomic E-state index is 12.1. The Kier molecular flexibility index (Phi) is 5.77. The van der Waals surface area contributed by atoms with E-state index in [1.807, 2.05) is 0 Å².